The van der Waals surface area contributed by atoms with Crippen molar-refractivity contribution in [3.8, 4) is 0 Å². The van der Waals surface area contributed by atoms with Crippen LogP contribution in [0, 0.1) is 0 Å². The van der Waals surface area contributed by atoms with Gasteiger partial charge in [-0.3, -0.25) is 9.36 Å². The lowest BCUT2D eigenvalue weighted by atomic mass is 10.3. The minimum Gasteiger partial charge on any atom is -0.384 e. The number of rotatable bonds is 2. The third-order valence-corrected chi connectivity index (χ3v) is 2.43. The van der Waals surface area contributed by atoms with Crippen molar-refractivity contribution in [1.82, 2.24) is 14.1 Å². The average Bonchev–Trinajstić information content (AvgIpc) is 2.32. The van der Waals surface area contributed by atoms with Crippen LogP contribution in [0.1, 0.15) is 5.56 Å². The molecule has 6 heteroatoms. The number of nitrogens with zero attached hydrogens (tertiary/aromatic N) is 3. The quantitative estimate of drug-likeness (QED) is 0.761. The second kappa shape index (κ2) is 4.25. The Bertz CT molecular complexity index is 640. The molecular formula is C11H12N4O2. The molecule has 2 aromatic rings. The normalized spacial score (nSPS) is 10.4. The van der Waals surface area contributed by atoms with Gasteiger partial charge in [0.1, 0.15) is 5.82 Å². The first-order valence-electron chi connectivity index (χ1n) is 5.05. The van der Waals surface area contributed by atoms with E-state index in [1.807, 2.05) is 0 Å². The molecule has 0 radical (unpaired) electrons. The molecule has 2 heterocycles. The monoisotopic (exact) mass is 232 g/mol. The largest absolute Gasteiger partial charge is 0.384 e. The Morgan fingerprint density at radius 3 is 2.71 bits per heavy atom. The summed E-state index contributed by atoms with van der Waals surface area (Å²) in [6.45, 7) is 0.194. The van der Waals surface area contributed by atoms with Gasteiger partial charge in [-0.2, -0.15) is 0 Å². The van der Waals surface area contributed by atoms with Crippen molar-refractivity contribution in [2.45, 2.75) is 6.54 Å². The van der Waals surface area contributed by atoms with Crippen LogP contribution in [-0.4, -0.2) is 14.1 Å². The molecule has 0 saturated heterocycles. The van der Waals surface area contributed by atoms with Gasteiger partial charge in [0, 0.05) is 25.5 Å². The highest BCUT2D eigenvalue weighted by molar-refractivity contribution is 5.29. The molecule has 0 aliphatic carbocycles. The van der Waals surface area contributed by atoms with Crippen LogP contribution in [0.15, 0.2) is 40.2 Å². The number of aryl methyl sites for hydroxylation is 1. The third kappa shape index (κ3) is 2.25. The Morgan fingerprint density at radius 1 is 1.29 bits per heavy atom. The number of hydrogen-bond acceptors (Lipinski definition) is 4. The van der Waals surface area contributed by atoms with Crippen LogP contribution < -0.4 is 17.0 Å². The molecule has 0 amide bonds. The van der Waals surface area contributed by atoms with Gasteiger partial charge in [-0.05, 0) is 11.6 Å². The van der Waals surface area contributed by atoms with Gasteiger partial charge in [-0.15, -0.1) is 0 Å². The summed E-state index contributed by atoms with van der Waals surface area (Å²) >= 11 is 0. The lowest BCUT2D eigenvalue weighted by molar-refractivity contribution is 0.638. The molecule has 0 saturated carbocycles. The van der Waals surface area contributed by atoms with Crippen LogP contribution in [0.25, 0.3) is 0 Å². The van der Waals surface area contributed by atoms with Gasteiger partial charge in [-0.1, -0.05) is 6.07 Å². The summed E-state index contributed by atoms with van der Waals surface area (Å²) in [6, 6.07) is 4.72. The smallest absolute Gasteiger partial charge is 0.331 e. The second-order valence-corrected chi connectivity index (χ2v) is 3.72. The highest BCUT2D eigenvalue weighted by Crippen LogP contribution is 2.01. The van der Waals surface area contributed by atoms with E-state index in [0.29, 0.717) is 5.82 Å². The first-order valence-corrected chi connectivity index (χ1v) is 5.05. The Kier molecular flexibility index (Phi) is 2.78. The van der Waals surface area contributed by atoms with E-state index in [-0.39, 0.29) is 17.8 Å². The molecule has 6 nitrogen and oxygen atoms in total. The maximum absolute atomic E-state index is 11.7. The van der Waals surface area contributed by atoms with Gasteiger partial charge >= 0.3 is 5.69 Å². The van der Waals surface area contributed by atoms with E-state index >= 15 is 0 Å². The van der Waals surface area contributed by atoms with E-state index < -0.39 is 0 Å². The Hall–Kier alpha value is -2.37. The molecule has 2 N–H and O–H groups in total. The van der Waals surface area contributed by atoms with E-state index in [9.17, 15) is 9.59 Å². The van der Waals surface area contributed by atoms with Crippen LogP contribution in [0.5, 0.6) is 0 Å². The SMILES string of the molecule is Cn1ccc(=O)n(Cc2ccc(N)nc2)c1=O. The highest BCUT2D eigenvalue weighted by Gasteiger charge is 2.03. The van der Waals surface area contributed by atoms with Gasteiger partial charge < -0.3 is 10.3 Å². The van der Waals surface area contributed by atoms with E-state index in [1.165, 1.54) is 16.8 Å². The van der Waals surface area contributed by atoms with E-state index in [2.05, 4.69) is 4.98 Å². The van der Waals surface area contributed by atoms with E-state index in [1.54, 1.807) is 25.4 Å². The molecule has 0 aromatic carbocycles. The van der Waals surface area contributed by atoms with Crippen molar-refractivity contribution in [3.63, 3.8) is 0 Å². The number of pyridine rings is 1. The topological polar surface area (TPSA) is 82.9 Å². The zero-order chi connectivity index (χ0) is 12.4. The molecule has 0 bridgehead atoms. The Morgan fingerprint density at radius 2 is 2.06 bits per heavy atom. The molecule has 0 unspecified atom stereocenters. The molecule has 0 atom stereocenters. The summed E-state index contributed by atoms with van der Waals surface area (Å²) in [5.74, 6) is 0.405. The van der Waals surface area contributed by atoms with Gasteiger partial charge in [0.2, 0.25) is 0 Å². The number of anilines is 1. The number of nitrogen functional groups attached to an aromatic ring is 1. The second-order valence-electron chi connectivity index (χ2n) is 3.72. The van der Waals surface area contributed by atoms with Crippen molar-refractivity contribution in [2.24, 2.45) is 7.05 Å². The van der Waals surface area contributed by atoms with Crippen molar-refractivity contribution in [2.75, 3.05) is 5.73 Å². The lowest BCUT2D eigenvalue weighted by Crippen LogP contribution is -2.38. The molecule has 17 heavy (non-hydrogen) atoms. The number of aromatic nitrogens is 3. The summed E-state index contributed by atoms with van der Waals surface area (Å²) in [6.07, 6.45) is 3.00. The van der Waals surface area contributed by atoms with Crippen molar-refractivity contribution in [1.29, 1.82) is 0 Å². The maximum Gasteiger partial charge on any atom is 0.331 e. The molecule has 0 spiro atoms. The van der Waals surface area contributed by atoms with Crippen molar-refractivity contribution < 1.29 is 0 Å². The lowest BCUT2D eigenvalue weighted by Gasteiger charge is -2.06. The third-order valence-electron chi connectivity index (χ3n) is 2.43. The van der Waals surface area contributed by atoms with Crippen LogP contribution in [0.3, 0.4) is 0 Å². The van der Waals surface area contributed by atoms with Crippen LogP contribution in [-0.2, 0) is 13.6 Å². The number of nitrogens with two attached hydrogens (primary N) is 1. The van der Waals surface area contributed by atoms with E-state index in [0.717, 1.165) is 10.1 Å². The summed E-state index contributed by atoms with van der Waals surface area (Å²) in [5.41, 5.74) is 5.53. The molecular weight excluding hydrogens is 220 g/mol. The molecule has 2 aromatic heterocycles. The first kappa shape index (κ1) is 11.1. The molecule has 0 fully saturated rings. The zero-order valence-corrected chi connectivity index (χ0v) is 9.33. The zero-order valence-electron chi connectivity index (χ0n) is 9.33. The Labute approximate surface area is 97.0 Å². The minimum absolute atomic E-state index is 0.194. The van der Waals surface area contributed by atoms with Gasteiger partial charge in [-0.25, -0.2) is 9.78 Å². The first-order chi connectivity index (χ1) is 8.08. The van der Waals surface area contributed by atoms with Gasteiger partial charge in [0.15, 0.2) is 0 Å². The molecule has 88 valence electrons. The van der Waals surface area contributed by atoms with Crippen LogP contribution in [0.2, 0.25) is 0 Å². The predicted molar refractivity (Wildman–Crippen MR) is 63.7 cm³/mol. The summed E-state index contributed by atoms with van der Waals surface area (Å²) < 4.78 is 2.50. The minimum atomic E-state index is -0.352. The van der Waals surface area contributed by atoms with Gasteiger partial charge in [0.05, 0.1) is 6.54 Å². The summed E-state index contributed by atoms with van der Waals surface area (Å²) in [7, 11) is 1.60. The highest BCUT2D eigenvalue weighted by atomic mass is 16.2. The fourth-order valence-electron chi connectivity index (χ4n) is 1.47. The standard InChI is InChI=1S/C11H12N4O2/c1-14-5-4-10(16)15(11(14)17)7-8-2-3-9(12)13-6-8/h2-6H,7H2,1H3,(H2,12,13). The van der Waals surface area contributed by atoms with Crippen molar-refractivity contribution in [3.05, 3.63) is 57.0 Å². The van der Waals surface area contributed by atoms with Crippen molar-refractivity contribution >= 4 is 5.82 Å². The average molecular weight is 232 g/mol. The van der Waals surface area contributed by atoms with Crippen LogP contribution >= 0.6 is 0 Å². The predicted octanol–water partition coefficient (Wildman–Crippen LogP) is -0.428. The van der Waals surface area contributed by atoms with E-state index in [4.69, 9.17) is 5.73 Å². The number of hydrogen-bond donors (Lipinski definition) is 1. The molecule has 0 aliphatic heterocycles. The Balaban J connectivity index is 2.43. The molecule has 0 aliphatic rings. The van der Waals surface area contributed by atoms with Gasteiger partial charge in [0.25, 0.3) is 5.56 Å². The summed E-state index contributed by atoms with van der Waals surface area (Å²) in [5, 5.41) is 0. The summed E-state index contributed by atoms with van der Waals surface area (Å²) in [4.78, 5) is 27.2. The molecule has 2 rings (SSSR count). The van der Waals surface area contributed by atoms with Crippen LogP contribution in [0.4, 0.5) is 5.82 Å². The fourth-order valence-corrected chi connectivity index (χ4v) is 1.47. The fraction of sp³-hybridized carbons (Fsp3) is 0.182. The maximum atomic E-state index is 11.7.